The predicted molar refractivity (Wildman–Crippen MR) is 34.3 cm³/mol. The number of esters is 1. The molecule has 0 aromatic carbocycles. The standard InChI is InChI=1S/C6H10N2O2/c9-6-5-3-7-1-2-8(5)4-10-6/h5,7H,1-4H2/t5-/m0/s1. The normalized spacial score (nSPS) is 33.6. The first-order valence-electron chi connectivity index (χ1n) is 3.49. The lowest BCUT2D eigenvalue weighted by molar-refractivity contribution is -0.139. The Bertz CT molecular complexity index is 160. The van der Waals surface area contributed by atoms with Gasteiger partial charge in [-0.1, -0.05) is 0 Å². The van der Waals surface area contributed by atoms with E-state index in [0.717, 1.165) is 19.6 Å². The Morgan fingerprint density at radius 1 is 1.70 bits per heavy atom. The number of rotatable bonds is 0. The van der Waals surface area contributed by atoms with Crippen molar-refractivity contribution in [3.05, 3.63) is 0 Å². The molecule has 0 radical (unpaired) electrons. The van der Waals surface area contributed by atoms with E-state index in [1.54, 1.807) is 0 Å². The molecule has 2 fully saturated rings. The van der Waals surface area contributed by atoms with Crippen molar-refractivity contribution in [2.75, 3.05) is 26.4 Å². The number of ether oxygens (including phenoxy) is 1. The van der Waals surface area contributed by atoms with Gasteiger partial charge >= 0.3 is 5.97 Å². The van der Waals surface area contributed by atoms with Crippen LogP contribution in [-0.4, -0.2) is 43.3 Å². The molecule has 2 aliphatic heterocycles. The third kappa shape index (κ3) is 0.803. The molecule has 2 rings (SSSR count). The Kier molecular flexibility index (Phi) is 1.35. The van der Waals surface area contributed by atoms with Gasteiger partial charge < -0.3 is 10.1 Å². The summed E-state index contributed by atoms with van der Waals surface area (Å²) in [6.45, 7) is 3.13. The van der Waals surface area contributed by atoms with Crippen LogP contribution in [0.2, 0.25) is 0 Å². The Morgan fingerprint density at radius 3 is 3.40 bits per heavy atom. The fourth-order valence-corrected chi connectivity index (χ4v) is 1.38. The van der Waals surface area contributed by atoms with Gasteiger partial charge in [-0.25, -0.2) is 0 Å². The van der Waals surface area contributed by atoms with E-state index in [1.165, 1.54) is 0 Å². The van der Waals surface area contributed by atoms with Crippen LogP contribution in [0, 0.1) is 0 Å². The van der Waals surface area contributed by atoms with E-state index < -0.39 is 0 Å². The van der Waals surface area contributed by atoms with E-state index in [2.05, 4.69) is 10.2 Å². The Morgan fingerprint density at radius 2 is 2.60 bits per heavy atom. The topological polar surface area (TPSA) is 41.6 Å². The van der Waals surface area contributed by atoms with Gasteiger partial charge in [-0.2, -0.15) is 0 Å². The van der Waals surface area contributed by atoms with E-state index in [9.17, 15) is 4.79 Å². The van der Waals surface area contributed by atoms with Gasteiger partial charge in [0, 0.05) is 19.6 Å². The van der Waals surface area contributed by atoms with Gasteiger partial charge in [0.05, 0.1) is 0 Å². The first-order chi connectivity index (χ1) is 4.88. The van der Waals surface area contributed by atoms with Crippen molar-refractivity contribution in [3.63, 3.8) is 0 Å². The highest BCUT2D eigenvalue weighted by atomic mass is 16.6. The van der Waals surface area contributed by atoms with E-state index >= 15 is 0 Å². The van der Waals surface area contributed by atoms with Gasteiger partial charge in [-0.15, -0.1) is 0 Å². The maximum atomic E-state index is 10.9. The van der Waals surface area contributed by atoms with Gasteiger partial charge in [0.25, 0.3) is 0 Å². The van der Waals surface area contributed by atoms with Crippen LogP contribution in [0.5, 0.6) is 0 Å². The predicted octanol–water partition coefficient (Wildman–Crippen LogP) is -1.23. The minimum Gasteiger partial charge on any atom is -0.448 e. The molecule has 0 aliphatic carbocycles. The van der Waals surface area contributed by atoms with E-state index in [4.69, 9.17) is 4.74 Å². The maximum absolute atomic E-state index is 10.9. The quantitative estimate of drug-likeness (QED) is 0.430. The lowest BCUT2D eigenvalue weighted by atomic mass is 10.2. The van der Waals surface area contributed by atoms with Gasteiger partial charge in [0.1, 0.15) is 12.8 Å². The molecule has 0 aromatic rings. The van der Waals surface area contributed by atoms with Crippen LogP contribution in [-0.2, 0) is 9.53 Å². The summed E-state index contributed by atoms with van der Waals surface area (Å²) >= 11 is 0. The maximum Gasteiger partial charge on any atom is 0.326 e. The SMILES string of the molecule is O=C1OCN2CCNC[C@@H]12. The number of fused-ring (bicyclic) bond motifs is 1. The van der Waals surface area contributed by atoms with Crippen molar-refractivity contribution in [1.82, 2.24) is 10.2 Å². The van der Waals surface area contributed by atoms with Crippen LogP contribution >= 0.6 is 0 Å². The average molecular weight is 142 g/mol. The Balaban J connectivity index is 2.08. The van der Waals surface area contributed by atoms with Crippen LogP contribution in [0.1, 0.15) is 0 Å². The number of hydrogen-bond acceptors (Lipinski definition) is 4. The summed E-state index contributed by atoms with van der Waals surface area (Å²) in [5, 5.41) is 3.14. The molecule has 0 saturated carbocycles. The van der Waals surface area contributed by atoms with Crippen molar-refractivity contribution in [2.45, 2.75) is 6.04 Å². The van der Waals surface area contributed by atoms with Crippen molar-refractivity contribution in [1.29, 1.82) is 0 Å². The Labute approximate surface area is 59.1 Å². The molecule has 4 heteroatoms. The summed E-state index contributed by atoms with van der Waals surface area (Å²) in [6, 6.07) is -0.00579. The molecule has 1 N–H and O–H groups in total. The molecule has 0 aromatic heterocycles. The van der Waals surface area contributed by atoms with E-state index in [-0.39, 0.29) is 12.0 Å². The van der Waals surface area contributed by atoms with E-state index in [1.807, 2.05) is 0 Å². The van der Waals surface area contributed by atoms with Crippen LogP contribution in [0.15, 0.2) is 0 Å². The summed E-state index contributed by atoms with van der Waals surface area (Å²) in [4.78, 5) is 13.0. The number of cyclic esters (lactones) is 1. The second-order valence-electron chi connectivity index (χ2n) is 2.62. The van der Waals surface area contributed by atoms with E-state index in [0.29, 0.717) is 6.73 Å². The molecule has 2 heterocycles. The molecule has 4 nitrogen and oxygen atoms in total. The zero-order chi connectivity index (χ0) is 6.97. The summed E-state index contributed by atoms with van der Waals surface area (Å²) < 4.78 is 4.85. The lowest BCUT2D eigenvalue weighted by Gasteiger charge is -2.25. The highest BCUT2D eigenvalue weighted by Crippen LogP contribution is 2.11. The second kappa shape index (κ2) is 2.21. The van der Waals surface area contributed by atoms with Crippen LogP contribution in [0.3, 0.4) is 0 Å². The summed E-state index contributed by atoms with van der Waals surface area (Å²) in [7, 11) is 0. The fourth-order valence-electron chi connectivity index (χ4n) is 1.38. The molecule has 2 aliphatic rings. The first kappa shape index (κ1) is 6.12. The summed E-state index contributed by atoms with van der Waals surface area (Å²) in [5.74, 6) is -0.0767. The molecule has 56 valence electrons. The van der Waals surface area contributed by atoms with Gasteiger partial charge in [0.15, 0.2) is 0 Å². The zero-order valence-corrected chi connectivity index (χ0v) is 5.67. The monoisotopic (exact) mass is 142 g/mol. The highest BCUT2D eigenvalue weighted by molar-refractivity contribution is 5.77. The smallest absolute Gasteiger partial charge is 0.326 e. The number of carbonyl (C=O) groups is 1. The number of piperazine rings is 1. The average Bonchev–Trinajstić information content (AvgIpc) is 2.34. The number of nitrogens with one attached hydrogen (secondary N) is 1. The largest absolute Gasteiger partial charge is 0.448 e. The van der Waals surface area contributed by atoms with Crippen molar-refractivity contribution >= 4 is 5.97 Å². The third-order valence-corrected chi connectivity index (χ3v) is 2.00. The molecule has 1 atom stereocenters. The molecule has 0 spiro atoms. The molecule has 0 unspecified atom stereocenters. The van der Waals surface area contributed by atoms with Crippen molar-refractivity contribution in [3.8, 4) is 0 Å². The second-order valence-corrected chi connectivity index (χ2v) is 2.62. The molecule has 2 saturated heterocycles. The van der Waals surface area contributed by atoms with Crippen LogP contribution in [0.4, 0.5) is 0 Å². The Hall–Kier alpha value is -0.610. The van der Waals surface area contributed by atoms with Crippen LogP contribution in [0.25, 0.3) is 0 Å². The summed E-state index contributed by atoms with van der Waals surface area (Å²) in [5.41, 5.74) is 0. The minimum atomic E-state index is -0.0767. The number of carbonyl (C=O) groups excluding carboxylic acids is 1. The third-order valence-electron chi connectivity index (χ3n) is 2.00. The van der Waals surface area contributed by atoms with Gasteiger partial charge in [0.2, 0.25) is 0 Å². The first-order valence-corrected chi connectivity index (χ1v) is 3.49. The molecule has 0 amide bonds. The van der Waals surface area contributed by atoms with Gasteiger partial charge in [-0.3, -0.25) is 9.69 Å². The number of hydrogen-bond donors (Lipinski definition) is 1. The molecule has 10 heavy (non-hydrogen) atoms. The number of nitrogens with zero attached hydrogens (tertiary/aromatic N) is 1. The molecular weight excluding hydrogens is 132 g/mol. The minimum absolute atomic E-state index is 0.00579. The zero-order valence-electron chi connectivity index (χ0n) is 5.67. The summed E-state index contributed by atoms with van der Waals surface area (Å²) in [6.07, 6.45) is 0. The molecule has 0 bridgehead atoms. The highest BCUT2D eigenvalue weighted by Gasteiger charge is 2.35. The van der Waals surface area contributed by atoms with Crippen LogP contribution < -0.4 is 5.32 Å². The van der Waals surface area contributed by atoms with Gasteiger partial charge in [-0.05, 0) is 0 Å². The van der Waals surface area contributed by atoms with Crippen molar-refractivity contribution < 1.29 is 9.53 Å². The fraction of sp³-hybridized carbons (Fsp3) is 0.833. The van der Waals surface area contributed by atoms with Crippen molar-refractivity contribution in [2.24, 2.45) is 0 Å². The molecular formula is C6H10N2O2. The lowest BCUT2D eigenvalue weighted by Crippen LogP contribution is -2.49.